The largest absolute Gasteiger partial charge is 0.496 e. The lowest BCUT2D eigenvalue weighted by Crippen LogP contribution is -2.58. The molecule has 3 N–H and O–H groups in total. The average molecular weight is 620 g/mol. The fourth-order valence-electron chi connectivity index (χ4n) is 6.82. The highest BCUT2D eigenvalue weighted by molar-refractivity contribution is 6.36. The number of rotatable bonds is 3. The van der Waals surface area contributed by atoms with Crippen LogP contribution in [0.1, 0.15) is 40.7 Å². The Balaban J connectivity index is 1.48. The van der Waals surface area contributed by atoms with Gasteiger partial charge in [0.2, 0.25) is 17.2 Å². The zero-order chi connectivity index (χ0) is 31.4. The maximum Gasteiger partial charge on any atom is 0.328 e. The number of fused-ring (bicyclic) bond motifs is 3. The second-order valence-electron chi connectivity index (χ2n) is 11.2. The van der Waals surface area contributed by atoms with Crippen LogP contribution in [0.5, 0.6) is 17.2 Å². The number of methoxy groups -OCH3 is 2. The Morgan fingerprint density at radius 2 is 1.66 bits per heavy atom. The van der Waals surface area contributed by atoms with Crippen LogP contribution in [-0.2, 0) is 18.9 Å². The molecule has 0 fully saturated rings. The van der Waals surface area contributed by atoms with E-state index in [0.29, 0.717) is 22.3 Å². The molecule has 0 bridgehead atoms. The molecule has 3 aliphatic rings. The topological polar surface area (TPSA) is 167 Å². The van der Waals surface area contributed by atoms with Crippen LogP contribution in [0.15, 0.2) is 49.9 Å². The number of aromatic nitrogens is 4. The van der Waals surface area contributed by atoms with E-state index in [1.165, 1.54) is 29.4 Å². The number of nitrogens with zero attached hydrogens (tertiary/aromatic N) is 2. The highest BCUT2D eigenvalue weighted by atomic mass is 35.5. The molecule has 7 rings (SSSR count). The lowest BCUT2D eigenvalue weighted by Gasteiger charge is -2.42. The Bertz CT molecular complexity index is 2210. The number of carbonyl (C=O) groups excluding carboxylic acids is 2. The smallest absolute Gasteiger partial charge is 0.328 e. The van der Waals surface area contributed by atoms with E-state index < -0.39 is 40.3 Å². The van der Waals surface area contributed by atoms with Crippen LogP contribution in [0, 0.1) is 5.92 Å². The van der Waals surface area contributed by atoms with Gasteiger partial charge in [-0.1, -0.05) is 24.6 Å². The van der Waals surface area contributed by atoms with Crippen LogP contribution in [0.3, 0.4) is 0 Å². The van der Waals surface area contributed by atoms with Crippen molar-refractivity contribution < 1.29 is 23.8 Å². The highest BCUT2D eigenvalue weighted by Crippen LogP contribution is 2.56. The number of Topliss-reactive ketones (excluding diaryl/α,β-unsaturated/α-hetero) is 2. The molecule has 2 aliphatic heterocycles. The molecule has 13 nitrogen and oxygen atoms in total. The second-order valence-corrected chi connectivity index (χ2v) is 11.6. The van der Waals surface area contributed by atoms with Crippen molar-refractivity contribution in [1.29, 1.82) is 0 Å². The summed E-state index contributed by atoms with van der Waals surface area (Å²) in [5.41, 5.74) is -1.39. The molecule has 0 saturated heterocycles. The number of ether oxygens (including phenoxy) is 3. The van der Waals surface area contributed by atoms with Gasteiger partial charge >= 0.3 is 11.4 Å². The molecule has 226 valence electrons. The number of aryl methyl sites for hydroxylation is 2. The Morgan fingerprint density at radius 3 is 2.36 bits per heavy atom. The Kier molecular flexibility index (Phi) is 5.83. The van der Waals surface area contributed by atoms with Crippen molar-refractivity contribution in [3.8, 4) is 17.2 Å². The first-order chi connectivity index (χ1) is 20.9. The zero-order valence-corrected chi connectivity index (χ0v) is 25.0. The van der Waals surface area contributed by atoms with Crippen LogP contribution in [0.4, 0.5) is 5.82 Å². The third-order valence-electron chi connectivity index (χ3n) is 8.99. The van der Waals surface area contributed by atoms with Crippen molar-refractivity contribution in [1.82, 2.24) is 19.1 Å². The van der Waals surface area contributed by atoms with E-state index in [4.69, 9.17) is 25.8 Å². The average Bonchev–Trinajstić information content (AvgIpc) is 3.42. The van der Waals surface area contributed by atoms with E-state index in [0.717, 1.165) is 0 Å². The summed E-state index contributed by atoms with van der Waals surface area (Å²) in [5, 5.41) is 3.10. The molecule has 1 aliphatic carbocycles. The number of anilines is 1. The summed E-state index contributed by atoms with van der Waals surface area (Å²) in [4.78, 5) is 72.5. The minimum absolute atomic E-state index is 0.0152. The van der Waals surface area contributed by atoms with Gasteiger partial charge in [0.25, 0.3) is 5.56 Å². The SMILES string of the molecule is COc1cc(OC)c2c(c1Cl)O[C@@]1(C(=O)C3=C(C[C@H]1C)Nc1[nH]c(=O)[nH]c(=O)c1C3c1ccc3c(c1)n(C)c(=O)n3C)C2=O. The molecular weight excluding hydrogens is 594 g/mol. The maximum atomic E-state index is 14.9. The van der Waals surface area contributed by atoms with E-state index in [1.807, 2.05) is 0 Å². The summed E-state index contributed by atoms with van der Waals surface area (Å²) in [5.74, 6) is -2.59. The van der Waals surface area contributed by atoms with Crippen LogP contribution < -0.4 is 36.5 Å². The number of benzene rings is 2. The van der Waals surface area contributed by atoms with Crippen molar-refractivity contribution in [3.05, 3.63) is 88.6 Å². The van der Waals surface area contributed by atoms with Crippen LogP contribution in [0.25, 0.3) is 11.0 Å². The standard InChI is InChI=1S/C30H26ClN5O8/c1-11-8-13-19(24(37)30(11)25(38)20-16(42-4)10-17(43-5)22(31)23(20)44-30)18(21-26(32-13)33-28(40)34-27(21)39)12-6-7-14-15(9-12)36(3)29(41)35(14)2/h6-7,9-11,18H,8H2,1-5H3,(H3,32,33,34,39,40)/t11-,18?,30+/m1/s1. The number of aromatic amines is 2. The number of imidazole rings is 1. The lowest BCUT2D eigenvalue weighted by atomic mass is 9.66. The third kappa shape index (κ3) is 3.38. The highest BCUT2D eigenvalue weighted by Gasteiger charge is 2.63. The number of carbonyl (C=O) groups is 2. The van der Waals surface area contributed by atoms with Crippen molar-refractivity contribution in [3.63, 3.8) is 0 Å². The first kappa shape index (κ1) is 27.8. The molecule has 4 aromatic rings. The minimum atomic E-state index is -2.03. The summed E-state index contributed by atoms with van der Waals surface area (Å²) >= 11 is 6.59. The molecule has 1 spiro atoms. The number of hydrogen-bond donors (Lipinski definition) is 3. The van der Waals surface area contributed by atoms with E-state index >= 15 is 0 Å². The predicted octanol–water partition coefficient (Wildman–Crippen LogP) is 2.36. The number of ketones is 2. The predicted molar refractivity (Wildman–Crippen MR) is 159 cm³/mol. The van der Waals surface area contributed by atoms with E-state index in [2.05, 4.69) is 15.3 Å². The molecule has 14 heteroatoms. The molecule has 3 atom stereocenters. The third-order valence-corrected chi connectivity index (χ3v) is 9.35. The number of hydrogen-bond acceptors (Lipinski definition) is 9. The Hall–Kier alpha value is -5.04. The molecule has 2 aromatic carbocycles. The van der Waals surface area contributed by atoms with Crippen LogP contribution >= 0.6 is 11.6 Å². The summed E-state index contributed by atoms with van der Waals surface area (Å²) in [6.07, 6.45) is 0.148. The summed E-state index contributed by atoms with van der Waals surface area (Å²) in [7, 11) is 6.05. The first-order valence-electron chi connectivity index (χ1n) is 13.7. The van der Waals surface area contributed by atoms with Gasteiger partial charge in [0.15, 0.2) is 5.75 Å². The van der Waals surface area contributed by atoms with Gasteiger partial charge in [-0.25, -0.2) is 9.59 Å². The number of H-pyrrole nitrogens is 2. The maximum absolute atomic E-state index is 14.9. The van der Waals surface area contributed by atoms with Crippen molar-refractivity contribution in [2.45, 2.75) is 24.9 Å². The molecule has 1 unspecified atom stereocenters. The molecule has 0 radical (unpaired) electrons. The second kappa shape index (κ2) is 9.23. The number of nitrogens with one attached hydrogen (secondary N) is 3. The van der Waals surface area contributed by atoms with E-state index in [-0.39, 0.29) is 56.9 Å². The number of halogens is 1. The van der Waals surface area contributed by atoms with Crippen molar-refractivity contribution in [2.75, 3.05) is 19.5 Å². The molecule has 4 heterocycles. The lowest BCUT2D eigenvalue weighted by molar-refractivity contribution is -0.130. The van der Waals surface area contributed by atoms with Gasteiger partial charge in [-0.05, 0) is 24.1 Å². The quantitative estimate of drug-likeness (QED) is 0.292. The minimum Gasteiger partial charge on any atom is -0.496 e. The zero-order valence-electron chi connectivity index (χ0n) is 24.2. The normalized spacial score (nSPS) is 22.0. The van der Waals surface area contributed by atoms with Gasteiger partial charge in [0.1, 0.15) is 27.9 Å². The number of allylic oxidation sites excluding steroid dienone is 1. The van der Waals surface area contributed by atoms with Gasteiger partial charge in [-0.3, -0.25) is 33.5 Å². The van der Waals surface area contributed by atoms with Crippen molar-refractivity contribution >= 4 is 40.0 Å². The van der Waals surface area contributed by atoms with Crippen molar-refractivity contribution in [2.24, 2.45) is 20.0 Å². The van der Waals surface area contributed by atoms with E-state index in [1.54, 1.807) is 39.2 Å². The van der Waals surface area contributed by atoms with Gasteiger partial charge in [-0.2, -0.15) is 0 Å². The monoisotopic (exact) mass is 619 g/mol. The van der Waals surface area contributed by atoms with Gasteiger partial charge < -0.3 is 19.5 Å². The summed E-state index contributed by atoms with van der Waals surface area (Å²) in [6.45, 7) is 1.71. The fourth-order valence-corrected chi connectivity index (χ4v) is 7.09. The molecule has 0 saturated carbocycles. The van der Waals surface area contributed by atoms with E-state index in [9.17, 15) is 24.0 Å². The summed E-state index contributed by atoms with van der Waals surface area (Å²) in [6, 6.07) is 6.62. The summed E-state index contributed by atoms with van der Waals surface area (Å²) < 4.78 is 20.1. The molecular formula is C30H26ClN5O8. The van der Waals surface area contributed by atoms with Gasteiger partial charge in [0.05, 0.1) is 30.8 Å². The van der Waals surface area contributed by atoms with Crippen LogP contribution in [0.2, 0.25) is 5.02 Å². The molecule has 0 amide bonds. The Morgan fingerprint density at radius 1 is 0.955 bits per heavy atom. The van der Waals surface area contributed by atoms with Gasteiger partial charge in [-0.15, -0.1) is 0 Å². The van der Waals surface area contributed by atoms with Crippen LogP contribution in [-0.4, -0.2) is 50.5 Å². The fraction of sp³-hybridized carbons (Fsp3) is 0.300. The van der Waals surface area contributed by atoms with Gasteiger partial charge in [0, 0.05) is 43.3 Å². The molecule has 44 heavy (non-hydrogen) atoms. The Labute approximate surface area is 253 Å². The molecule has 2 aromatic heterocycles. The first-order valence-corrected chi connectivity index (χ1v) is 14.1.